The lowest BCUT2D eigenvalue weighted by atomic mass is 10.1. The molecule has 0 bridgehead atoms. The van der Waals surface area contributed by atoms with Crippen LogP contribution in [-0.2, 0) is 0 Å². The summed E-state index contributed by atoms with van der Waals surface area (Å²) in [7, 11) is 0. The van der Waals surface area contributed by atoms with Gasteiger partial charge in [0.15, 0.2) is 10.7 Å². The Morgan fingerprint density at radius 2 is 1.92 bits per heavy atom. The van der Waals surface area contributed by atoms with Crippen LogP contribution < -0.4 is 5.43 Å². The van der Waals surface area contributed by atoms with Crippen LogP contribution in [0, 0.1) is 28.4 Å². The number of non-ortho nitro benzene ring substituents is 1. The van der Waals surface area contributed by atoms with Crippen LogP contribution in [0.2, 0.25) is 0 Å². The molecule has 0 saturated heterocycles. The predicted octanol–water partition coefficient (Wildman–Crippen LogP) is 4.37. The Hall–Kier alpha value is -3.57. The first-order valence-electron chi connectivity index (χ1n) is 7.58. The van der Waals surface area contributed by atoms with Crippen molar-refractivity contribution in [2.75, 3.05) is 5.43 Å². The number of hydrogen-bond donors (Lipinski definition) is 1. The van der Waals surface area contributed by atoms with E-state index in [0.29, 0.717) is 10.7 Å². The normalized spacial score (nSPS) is 11.0. The Labute approximate surface area is 153 Å². The van der Waals surface area contributed by atoms with Crippen molar-refractivity contribution in [1.82, 2.24) is 4.98 Å². The van der Waals surface area contributed by atoms with Crippen molar-refractivity contribution < 1.29 is 4.92 Å². The summed E-state index contributed by atoms with van der Waals surface area (Å²) in [5.41, 5.74) is 6.32. The third kappa shape index (κ3) is 3.91. The van der Waals surface area contributed by atoms with Crippen molar-refractivity contribution in [3.8, 4) is 17.3 Å². The molecule has 0 aliphatic rings. The summed E-state index contributed by atoms with van der Waals surface area (Å²) in [6.07, 6.45) is 0. The van der Waals surface area contributed by atoms with Crippen molar-refractivity contribution in [3.05, 3.63) is 74.6 Å². The maximum absolute atomic E-state index is 10.7. The number of thiazole rings is 1. The van der Waals surface area contributed by atoms with Crippen LogP contribution in [0.15, 0.2) is 59.0 Å². The first-order chi connectivity index (χ1) is 12.6. The molecule has 3 rings (SSSR count). The molecular formula is C18H13N5O2S. The third-order valence-electron chi connectivity index (χ3n) is 3.53. The average Bonchev–Trinajstić information content (AvgIpc) is 3.13. The minimum atomic E-state index is -0.476. The molecule has 0 saturated carbocycles. The van der Waals surface area contributed by atoms with Crippen LogP contribution >= 0.6 is 11.3 Å². The van der Waals surface area contributed by atoms with Gasteiger partial charge in [0.05, 0.1) is 16.3 Å². The molecule has 0 atom stereocenters. The number of hydrogen-bond acceptors (Lipinski definition) is 7. The van der Waals surface area contributed by atoms with Gasteiger partial charge in [-0.15, -0.1) is 11.3 Å². The largest absolute Gasteiger partial charge is 0.277 e. The van der Waals surface area contributed by atoms with E-state index in [1.165, 1.54) is 35.6 Å². The lowest BCUT2D eigenvalue weighted by Crippen LogP contribution is -2.01. The van der Waals surface area contributed by atoms with Crippen molar-refractivity contribution >= 4 is 28.4 Å². The van der Waals surface area contributed by atoms with E-state index < -0.39 is 4.92 Å². The summed E-state index contributed by atoms with van der Waals surface area (Å²) in [6, 6.07) is 15.8. The summed E-state index contributed by atoms with van der Waals surface area (Å²) < 4.78 is 0. The van der Waals surface area contributed by atoms with Gasteiger partial charge in [0.25, 0.3) is 5.69 Å². The van der Waals surface area contributed by atoms with Gasteiger partial charge < -0.3 is 0 Å². The smallest absolute Gasteiger partial charge is 0.269 e. The lowest BCUT2D eigenvalue weighted by molar-refractivity contribution is -0.384. The van der Waals surface area contributed by atoms with Crippen molar-refractivity contribution in [3.63, 3.8) is 0 Å². The zero-order chi connectivity index (χ0) is 18.5. The van der Waals surface area contributed by atoms with Gasteiger partial charge in [-0.25, -0.2) is 4.98 Å². The molecule has 0 aliphatic carbocycles. The number of nitro benzene ring substituents is 1. The van der Waals surface area contributed by atoms with Crippen molar-refractivity contribution in [1.29, 1.82) is 5.26 Å². The van der Waals surface area contributed by atoms with E-state index in [-0.39, 0.29) is 11.4 Å². The van der Waals surface area contributed by atoms with Crippen molar-refractivity contribution in [2.24, 2.45) is 5.10 Å². The molecule has 0 amide bonds. The van der Waals surface area contributed by atoms with Crippen LogP contribution in [0.5, 0.6) is 0 Å². The Bertz CT molecular complexity index is 1000. The summed E-state index contributed by atoms with van der Waals surface area (Å²) in [4.78, 5) is 14.6. The number of nitrogens with one attached hydrogen (secondary N) is 1. The molecule has 0 aliphatic heterocycles. The molecule has 1 heterocycles. The molecule has 8 heteroatoms. The van der Waals surface area contributed by atoms with Gasteiger partial charge in [-0.05, 0) is 19.1 Å². The quantitative estimate of drug-likeness (QED) is 0.412. The van der Waals surface area contributed by atoms with Crippen molar-refractivity contribution in [2.45, 2.75) is 6.92 Å². The molecule has 0 fully saturated rings. The second-order valence-corrected chi connectivity index (χ2v) is 6.25. The molecule has 1 aromatic heterocycles. The Morgan fingerprint density at radius 1 is 1.23 bits per heavy atom. The maximum Gasteiger partial charge on any atom is 0.269 e. The number of hydrazone groups is 1. The van der Waals surface area contributed by atoms with Crippen LogP contribution in [0.1, 0.15) is 10.6 Å². The van der Waals surface area contributed by atoms with Crippen LogP contribution in [-0.4, -0.2) is 15.6 Å². The summed E-state index contributed by atoms with van der Waals surface area (Å²) in [6.45, 7) is 2.01. The van der Waals surface area contributed by atoms with Gasteiger partial charge >= 0.3 is 0 Å². The van der Waals surface area contributed by atoms with Crippen LogP contribution in [0.4, 0.5) is 11.4 Å². The number of nitrogens with zero attached hydrogens (tertiary/aromatic N) is 4. The zero-order valence-electron chi connectivity index (χ0n) is 13.7. The topological polar surface area (TPSA) is 104 Å². The highest BCUT2D eigenvalue weighted by Crippen LogP contribution is 2.23. The van der Waals surface area contributed by atoms with Gasteiger partial charge in [-0.3, -0.25) is 15.5 Å². The highest BCUT2D eigenvalue weighted by molar-refractivity contribution is 7.12. The van der Waals surface area contributed by atoms with Gasteiger partial charge in [0, 0.05) is 23.1 Å². The Morgan fingerprint density at radius 3 is 2.54 bits per heavy atom. The second-order valence-electron chi connectivity index (χ2n) is 5.39. The van der Waals surface area contributed by atoms with E-state index in [0.717, 1.165) is 16.8 Å². The number of benzene rings is 2. The average molecular weight is 363 g/mol. The first kappa shape index (κ1) is 17.3. The lowest BCUT2D eigenvalue weighted by Gasteiger charge is -2.00. The monoisotopic (exact) mass is 363 g/mol. The van der Waals surface area contributed by atoms with Gasteiger partial charge in [-0.2, -0.15) is 10.4 Å². The molecule has 1 N–H and O–H groups in total. The van der Waals surface area contributed by atoms with Gasteiger partial charge in [-0.1, -0.05) is 29.8 Å². The van der Waals surface area contributed by atoms with Gasteiger partial charge in [0.2, 0.25) is 0 Å². The van der Waals surface area contributed by atoms with E-state index in [1.807, 2.05) is 42.6 Å². The number of anilines is 1. The van der Waals surface area contributed by atoms with Gasteiger partial charge in [0.1, 0.15) is 6.07 Å². The molecule has 0 radical (unpaired) electrons. The highest BCUT2D eigenvalue weighted by Gasteiger charge is 2.11. The molecule has 128 valence electrons. The Kier molecular flexibility index (Phi) is 5.01. The van der Waals surface area contributed by atoms with E-state index in [1.54, 1.807) is 0 Å². The summed E-state index contributed by atoms with van der Waals surface area (Å²) in [5.74, 6) is 0. The highest BCUT2D eigenvalue weighted by atomic mass is 32.1. The standard InChI is InChI=1S/C18H13N5O2S/c1-12-2-4-13(5-3-12)17-11-26-18(20-17)16(10-19)22-21-14-6-8-15(9-7-14)23(24)25/h2-9,11,21H,1H3. The third-order valence-corrected chi connectivity index (χ3v) is 4.38. The molecule has 26 heavy (non-hydrogen) atoms. The van der Waals surface area contributed by atoms with E-state index in [9.17, 15) is 15.4 Å². The minimum Gasteiger partial charge on any atom is -0.277 e. The van der Waals surface area contributed by atoms with E-state index in [4.69, 9.17) is 0 Å². The first-order valence-corrected chi connectivity index (χ1v) is 8.46. The summed E-state index contributed by atoms with van der Waals surface area (Å²) >= 11 is 1.33. The molecule has 0 spiro atoms. The number of rotatable bonds is 5. The molecule has 2 aromatic carbocycles. The molecule has 3 aromatic rings. The van der Waals surface area contributed by atoms with E-state index in [2.05, 4.69) is 15.5 Å². The van der Waals surface area contributed by atoms with E-state index >= 15 is 0 Å². The number of nitriles is 1. The fourth-order valence-corrected chi connectivity index (χ4v) is 2.90. The maximum atomic E-state index is 10.7. The second kappa shape index (κ2) is 7.55. The zero-order valence-corrected chi connectivity index (χ0v) is 14.5. The Balaban J connectivity index is 1.78. The minimum absolute atomic E-state index is 0.0114. The molecule has 7 nitrogen and oxygen atoms in total. The fourth-order valence-electron chi connectivity index (χ4n) is 2.14. The van der Waals surface area contributed by atoms with Crippen LogP contribution in [0.25, 0.3) is 11.3 Å². The predicted molar refractivity (Wildman–Crippen MR) is 101 cm³/mol. The molecular weight excluding hydrogens is 350 g/mol. The fraction of sp³-hybridized carbons (Fsp3) is 0.0556. The SMILES string of the molecule is Cc1ccc(-c2csc(C(C#N)=NNc3ccc([N+](=O)[O-])cc3)n2)cc1. The number of nitro groups is 1. The number of aryl methyl sites for hydroxylation is 1. The number of aromatic nitrogens is 1. The summed E-state index contributed by atoms with van der Waals surface area (Å²) in [5, 5.41) is 26.4. The van der Waals surface area contributed by atoms with Crippen LogP contribution in [0.3, 0.4) is 0 Å². The molecule has 0 unspecified atom stereocenters.